The molecule has 1 heterocycles. The summed E-state index contributed by atoms with van der Waals surface area (Å²) in [7, 11) is 1.54. The number of Topliss-reactive ketones (excluding diaryl/α,β-unsaturated/α-hetero) is 2. The number of hydrogen-bond acceptors (Lipinski definition) is 6. The van der Waals surface area contributed by atoms with Crippen LogP contribution in [0.3, 0.4) is 0 Å². The van der Waals surface area contributed by atoms with Crippen LogP contribution < -0.4 is 20.1 Å². The van der Waals surface area contributed by atoms with Crippen LogP contribution in [0.5, 0.6) is 11.5 Å². The molecule has 0 fully saturated rings. The zero-order chi connectivity index (χ0) is 28.8. The van der Waals surface area contributed by atoms with E-state index in [0.29, 0.717) is 35.5 Å². The number of benzene rings is 2. The average Bonchev–Trinajstić information content (AvgIpc) is 2.86. The largest absolute Gasteiger partial charge is 0.493 e. The summed E-state index contributed by atoms with van der Waals surface area (Å²) in [4.78, 5) is 39.7. The van der Waals surface area contributed by atoms with E-state index in [4.69, 9.17) is 9.47 Å². The van der Waals surface area contributed by atoms with Gasteiger partial charge in [-0.3, -0.25) is 14.4 Å². The van der Waals surface area contributed by atoms with Crippen molar-refractivity contribution in [3.05, 3.63) is 76.1 Å². The summed E-state index contributed by atoms with van der Waals surface area (Å²) in [5.41, 5.74) is 5.38. The van der Waals surface area contributed by atoms with Gasteiger partial charge in [-0.2, -0.15) is 0 Å². The van der Waals surface area contributed by atoms with Gasteiger partial charge in [0, 0.05) is 47.0 Å². The number of amides is 1. The number of ether oxygens (including phenoxy) is 2. The van der Waals surface area contributed by atoms with Crippen LogP contribution in [0.2, 0.25) is 0 Å². The van der Waals surface area contributed by atoms with Crippen molar-refractivity contribution >= 4 is 23.2 Å². The van der Waals surface area contributed by atoms with Crippen LogP contribution in [0.15, 0.2) is 65.0 Å². The number of dihydropyridines is 1. The molecule has 0 bridgehead atoms. The van der Waals surface area contributed by atoms with E-state index in [2.05, 4.69) is 38.3 Å². The van der Waals surface area contributed by atoms with Crippen molar-refractivity contribution in [3.8, 4) is 11.5 Å². The second kappa shape index (κ2) is 10.3. The topological polar surface area (TPSA) is 93.7 Å². The third-order valence-electron chi connectivity index (χ3n) is 8.02. The lowest BCUT2D eigenvalue weighted by atomic mass is 9.64. The number of aryl methyl sites for hydroxylation is 1. The number of carbonyl (C=O) groups excluding carboxylic acids is 3. The molecule has 0 saturated carbocycles. The second-order valence-electron chi connectivity index (χ2n) is 12.8. The van der Waals surface area contributed by atoms with E-state index >= 15 is 0 Å². The number of nitrogens with one attached hydrogen (secondary N) is 2. The summed E-state index contributed by atoms with van der Waals surface area (Å²) in [6.45, 7) is 10.2. The molecule has 2 aromatic carbocycles. The lowest BCUT2D eigenvalue weighted by molar-refractivity contribution is -0.119. The SMILES string of the molecule is COc1cc(C2C3=C(CC(C)(C)CC3=O)NC3=C2C(=O)CC(C)(C)C3)ccc1OCC(=O)Nc1ccccc1C. The molecule has 2 aliphatic carbocycles. The van der Waals surface area contributed by atoms with Crippen molar-refractivity contribution in [1.82, 2.24) is 5.32 Å². The number of methoxy groups -OCH3 is 1. The Morgan fingerprint density at radius 2 is 1.50 bits per heavy atom. The molecule has 0 spiro atoms. The van der Waals surface area contributed by atoms with Gasteiger partial charge >= 0.3 is 0 Å². The predicted octanol–water partition coefficient (Wildman–Crippen LogP) is 5.99. The van der Waals surface area contributed by atoms with E-state index in [1.807, 2.05) is 43.3 Å². The Balaban J connectivity index is 1.47. The first-order chi connectivity index (χ1) is 18.9. The van der Waals surface area contributed by atoms with E-state index in [0.717, 1.165) is 41.1 Å². The molecule has 0 radical (unpaired) electrons. The second-order valence-corrected chi connectivity index (χ2v) is 12.8. The van der Waals surface area contributed by atoms with Gasteiger partial charge in [-0.1, -0.05) is 52.0 Å². The summed E-state index contributed by atoms with van der Waals surface area (Å²) < 4.78 is 11.5. The van der Waals surface area contributed by atoms with E-state index in [1.54, 1.807) is 13.2 Å². The summed E-state index contributed by atoms with van der Waals surface area (Å²) in [6, 6.07) is 13.0. The Kier molecular flexibility index (Phi) is 7.11. The van der Waals surface area contributed by atoms with Crippen LogP contribution in [-0.4, -0.2) is 31.2 Å². The highest BCUT2D eigenvalue weighted by molar-refractivity contribution is 6.06. The van der Waals surface area contributed by atoms with E-state index in [9.17, 15) is 14.4 Å². The summed E-state index contributed by atoms with van der Waals surface area (Å²) >= 11 is 0. The molecule has 1 amide bonds. The van der Waals surface area contributed by atoms with Crippen LogP contribution in [0.1, 0.15) is 70.4 Å². The molecule has 1 aliphatic heterocycles. The molecule has 2 aromatic rings. The maximum absolute atomic E-state index is 13.6. The lowest BCUT2D eigenvalue weighted by Gasteiger charge is -2.44. The summed E-state index contributed by atoms with van der Waals surface area (Å²) in [5, 5.41) is 6.41. The fraction of sp³-hybridized carbons (Fsp3) is 0.424. The Morgan fingerprint density at radius 1 is 0.900 bits per heavy atom. The molecule has 7 heteroatoms. The van der Waals surface area contributed by atoms with E-state index in [-0.39, 0.29) is 34.9 Å². The lowest BCUT2D eigenvalue weighted by Crippen LogP contribution is -2.42. The van der Waals surface area contributed by atoms with Gasteiger partial charge in [-0.25, -0.2) is 0 Å². The van der Waals surface area contributed by atoms with Gasteiger partial charge in [-0.05, 0) is 59.9 Å². The number of anilines is 1. The molecule has 40 heavy (non-hydrogen) atoms. The first kappa shape index (κ1) is 27.7. The molecular weight excluding hydrogens is 504 g/mol. The van der Waals surface area contributed by atoms with Gasteiger partial charge in [-0.15, -0.1) is 0 Å². The minimum atomic E-state index is -0.467. The third kappa shape index (κ3) is 5.42. The predicted molar refractivity (Wildman–Crippen MR) is 154 cm³/mol. The zero-order valence-corrected chi connectivity index (χ0v) is 24.2. The minimum Gasteiger partial charge on any atom is -0.493 e. The van der Waals surface area contributed by atoms with E-state index in [1.165, 1.54) is 0 Å². The van der Waals surface area contributed by atoms with Crippen molar-refractivity contribution in [2.45, 2.75) is 66.2 Å². The number of rotatable bonds is 6. The van der Waals surface area contributed by atoms with Crippen LogP contribution in [0.25, 0.3) is 0 Å². The number of para-hydroxylation sites is 1. The van der Waals surface area contributed by atoms with Crippen molar-refractivity contribution < 1.29 is 23.9 Å². The van der Waals surface area contributed by atoms with Crippen molar-refractivity contribution in [1.29, 1.82) is 0 Å². The molecule has 0 unspecified atom stereocenters. The first-order valence-electron chi connectivity index (χ1n) is 13.8. The van der Waals surface area contributed by atoms with Crippen LogP contribution in [0, 0.1) is 17.8 Å². The van der Waals surface area contributed by atoms with Crippen LogP contribution >= 0.6 is 0 Å². The van der Waals surface area contributed by atoms with Crippen molar-refractivity contribution in [3.63, 3.8) is 0 Å². The number of ketones is 2. The third-order valence-corrected chi connectivity index (χ3v) is 8.02. The van der Waals surface area contributed by atoms with Gasteiger partial charge < -0.3 is 20.1 Å². The average molecular weight is 543 g/mol. The Hall–Kier alpha value is -3.87. The Morgan fingerprint density at radius 3 is 2.08 bits per heavy atom. The number of carbonyl (C=O) groups is 3. The van der Waals surface area contributed by atoms with Gasteiger partial charge in [0.1, 0.15) is 0 Å². The monoisotopic (exact) mass is 542 g/mol. The van der Waals surface area contributed by atoms with Gasteiger partial charge in [0.15, 0.2) is 29.7 Å². The molecule has 0 atom stereocenters. The maximum atomic E-state index is 13.6. The van der Waals surface area contributed by atoms with Crippen molar-refractivity contribution in [2.75, 3.05) is 19.0 Å². The number of hydrogen-bond donors (Lipinski definition) is 2. The van der Waals surface area contributed by atoms with E-state index < -0.39 is 5.92 Å². The van der Waals surface area contributed by atoms with Crippen LogP contribution in [-0.2, 0) is 14.4 Å². The smallest absolute Gasteiger partial charge is 0.262 e. The Labute approximate surface area is 236 Å². The highest BCUT2D eigenvalue weighted by Crippen LogP contribution is 2.51. The highest BCUT2D eigenvalue weighted by Gasteiger charge is 2.46. The molecule has 0 saturated heterocycles. The standard InChI is InChI=1S/C33H38N2O5/c1-19-9-7-8-10-21(19)35-28(38)18-40-26-12-11-20(13-27(26)39-6)29-30-22(14-32(2,3)16-24(30)36)34-23-15-33(4,5)17-25(37)31(23)29/h7-13,29,34H,14-18H2,1-6H3,(H,35,38). The molecule has 2 N–H and O–H groups in total. The molecular formula is C33H38N2O5. The molecule has 210 valence electrons. The molecule has 3 aliphatic rings. The first-order valence-corrected chi connectivity index (χ1v) is 13.8. The normalized spacial score (nSPS) is 19.9. The molecule has 0 aromatic heterocycles. The fourth-order valence-electron chi connectivity index (χ4n) is 6.25. The van der Waals surface area contributed by atoms with Gasteiger partial charge in [0.25, 0.3) is 5.91 Å². The number of allylic oxidation sites excluding steroid dienone is 4. The maximum Gasteiger partial charge on any atom is 0.262 e. The summed E-state index contributed by atoms with van der Waals surface area (Å²) in [5.74, 6) is 0.243. The fourth-order valence-corrected chi connectivity index (χ4v) is 6.25. The minimum absolute atomic E-state index is 0.0695. The zero-order valence-electron chi connectivity index (χ0n) is 24.2. The van der Waals surface area contributed by atoms with Crippen molar-refractivity contribution in [2.24, 2.45) is 10.8 Å². The Bertz CT molecular complexity index is 1410. The molecule has 7 nitrogen and oxygen atoms in total. The van der Waals surface area contributed by atoms with Gasteiger partial charge in [0.2, 0.25) is 0 Å². The molecule has 5 rings (SSSR count). The quantitative estimate of drug-likeness (QED) is 0.466. The highest BCUT2D eigenvalue weighted by atomic mass is 16.5. The van der Waals surface area contributed by atoms with Crippen LogP contribution in [0.4, 0.5) is 5.69 Å². The summed E-state index contributed by atoms with van der Waals surface area (Å²) in [6.07, 6.45) is 2.34. The van der Waals surface area contributed by atoms with Gasteiger partial charge in [0.05, 0.1) is 7.11 Å².